The third kappa shape index (κ3) is 21.2. The minimum Gasteiger partial charge on any atom is -0.545 e. The number of carbonyl (C=O) groups excluding carboxylic acids is 12. The Hall–Kier alpha value is -10.2. The molecule has 82 heavy (non-hydrogen) atoms. The molecule has 34 heteroatoms. The monoisotopic (exact) mass is 1290 g/mol. The van der Waals surface area contributed by atoms with E-state index in [1.807, 2.05) is 0 Å². The molecule has 0 aliphatic heterocycles. The molecule has 30 nitrogen and oxygen atoms in total. The van der Waals surface area contributed by atoms with Gasteiger partial charge in [0.25, 0.3) is 0 Å². The van der Waals surface area contributed by atoms with Gasteiger partial charge < -0.3 is 119 Å². The van der Waals surface area contributed by atoms with Crippen molar-refractivity contribution < 1.29 is 187 Å². The number of nitrogens with zero attached hydrogens (tertiary/aromatic N) is 6. The summed E-state index contributed by atoms with van der Waals surface area (Å²) < 4.78 is 0. The van der Waals surface area contributed by atoms with Gasteiger partial charge in [-0.25, -0.2) is 0 Å². The molecule has 0 bridgehead atoms. The molecular weight excluding hydrogens is 1270 g/mol. The van der Waals surface area contributed by atoms with Crippen LogP contribution in [0.15, 0.2) is 140 Å². The molecule has 6 aromatic carbocycles. The number of hydrogen-bond donors (Lipinski definition) is 0. The Morgan fingerprint density at radius 3 is 0.305 bits per heavy atom. The molecule has 6 aromatic rings. The van der Waals surface area contributed by atoms with E-state index in [1.54, 1.807) is 0 Å². The summed E-state index contributed by atoms with van der Waals surface area (Å²) in [7, 11) is 0. The Morgan fingerprint density at radius 2 is 0.244 bits per heavy atom. The normalized spacial score (nSPS) is 10.1. The third-order valence-corrected chi connectivity index (χ3v) is 9.18. The standard InChI is InChI=1S/3C16H10N2O8.4Fe/c3*19-13(20)7-1-8(14(21)22)4-11(3-7)17-18-12-5-9(15(23)24)2-10(6-12)16(25)26;;;;/h3*1-6H,(H,19,20)(H,21,22)(H,23,24)(H,25,26);;;;/q;;;4*+3/p-12. The van der Waals surface area contributed by atoms with Gasteiger partial charge in [-0.2, -0.15) is 30.7 Å². The number of carboxylic acid groups (broad SMARTS) is 12. The molecule has 0 atom stereocenters. The van der Waals surface area contributed by atoms with Gasteiger partial charge in [0.15, 0.2) is 0 Å². The summed E-state index contributed by atoms with van der Waals surface area (Å²) in [6.45, 7) is 0. The number of rotatable bonds is 18. The van der Waals surface area contributed by atoms with Gasteiger partial charge in [-0.3, -0.25) is 0 Å². The number of carbonyl (C=O) groups is 12. The molecular formula is C48H18Fe4N6O24. The van der Waals surface area contributed by atoms with Crippen LogP contribution in [0.4, 0.5) is 34.1 Å². The molecule has 6 rings (SSSR count). The van der Waals surface area contributed by atoms with Crippen LogP contribution in [-0.4, -0.2) is 71.6 Å². The zero-order chi connectivity index (χ0) is 58.3. The summed E-state index contributed by atoms with van der Waals surface area (Å²) >= 11 is 0. The van der Waals surface area contributed by atoms with Gasteiger partial charge in [0.05, 0.1) is 106 Å². The SMILES string of the molecule is O=C([O-])c1cc(N=Nc2cc(C(=O)[O-])cc(C(=O)[O-])c2)cc(C(=O)[O-])c1.O=C([O-])c1cc(N=Nc2cc(C(=O)[O-])cc(C(=O)[O-])c2)cc(C(=O)[O-])c1.O=C([O-])c1cc(N=Nc2cc(C(=O)[O-])cc(C(=O)[O-])c2)cc(C(=O)[O-])c1.[Fe+3].[Fe+3].[Fe+3].[Fe+3]. The number of aromatic carboxylic acids is 12. The van der Waals surface area contributed by atoms with E-state index in [9.17, 15) is 119 Å². The van der Waals surface area contributed by atoms with Crippen molar-refractivity contribution in [2.75, 3.05) is 0 Å². The fourth-order valence-corrected chi connectivity index (χ4v) is 5.77. The summed E-state index contributed by atoms with van der Waals surface area (Å²) in [5.74, 6) is -20.0. The molecule has 0 saturated heterocycles. The van der Waals surface area contributed by atoms with Crippen LogP contribution >= 0.6 is 0 Å². The molecule has 0 unspecified atom stereocenters. The topological polar surface area (TPSA) is 556 Å². The second-order valence-electron chi connectivity index (χ2n) is 14.7. The maximum Gasteiger partial charge on any atom is 3.00 e. The van der Waals surface area contributed by atoms with Crippen LogP contribution in [0.5, 0.6) is 0 Å². The van der Waals surface area contributed by atoms with E-state index in [0.717, 1.165) is 109 Å². The zero-order valence-electron chi connectivity index (χ0n) is 39.3. The van der Waals surface area contributed by atoms with Crippen molar-refractivity contribution in [1.29, 1.82) is 0 Å². The molecule has 0 aliphatic rings. The van der Waals surface area contributed by atoms with E-state index in [4.69, 9.17) is 0 Å². The van der Waals surface area contributed by atoms with E-state index in [0.29, 0.717) is 0 Å². The average Bonchev–Trinajstić information content (AvgIpc) is 3.38. The molecule has 0 aliphatic carbocycles. The van der Waals surface area contributed by atoms with Crippen LogP contribution in [0.3, 0.4) is 0 Å². The van der Waals surface area contributed by atoms with Crippen molar-refractivity contribution >= 4 is 106 Å². The van der Waals surface area contributed by atoms with Crippen molar-refractivity contribution in [2.45, 2.75) is 0 Å². The summed E-state index contributed by atoms with van der Waals surface area (Å²) in [4.78, 5) is 131. The predicted molar refractivity (Wildman–Crippen MR) is 223 cm³/mol. The maximum atomic E-state index is 10.9. The quantitative estimate of drug-likeness (QED) is 0.0570. The first-order valence-corrected chi connectivity index (χ1v) is 20.2. The smallest absolute Gasteiger partial charge is 0.545 e. The number of hydrogen-bond acceptors (Lipinski definition) is 30. The minimum atomic E-state index is -1.66. The van der Waals surface area contributed by atoms with Crippen molar-refractivity contribution in [3.63, 3.8) is 0 Å². The van der Waals surface area contributed by atoms with Gasteiger partial charge in [0, 0.05) is 66.8 Å². The van der Waals surface area contributed by atoms with Crippen LogP contribution < -0.4 is 61.3 Å². The van der Waals surface area contributed by atoms with Gasteiger partial charge in [-0.05, 0) is 109 Å². The summed E-state index contributed by atoms with van der Waals surface area (Å²) in [6.07, 6.45) is 0. The Kier molecular flexibility index (Phi) is 28.1. The van der Waals surface area contributed by atoms with E-state index in [2.05, 4.69) is 30.7 Å². The zero-order valence-corrected chi connectivity index (χ0v) is 43.7. The molecule has 0 spiro atoms. The largest absolute Gasteiger partial charge is 3.00 e. The number of benzene rings is 6. The van der Waals surface area contributed by atoms with Gasteiger partial charge >= 0.3 is 68.3 Å². The molecule has 0 amide bonds. The van der Waals surface area contributed by atoms with Gasteiger partial charge in [0.1, 0.15) is 0 Å². The first-order valence-electron chi connectivity index (χ1n) is 20.2. The predicted octanol–water partition coefficient (Wildman–Crippen LogP) is -7.34. The van der Waals surface area contributed by atoms with Crippen molar-refractivity contribution in [3.05, 3.63) is 176 Å². The van der Waals surface area contributed by atoms with Gasteiger partial charge in [0.2, 0.25) is 0 Å². The van der Waals surface area contributed by atoms with Crippen molar-refractivity contribution in [2.24, 2.45) is 30.7 Å². The van der Waals surface area contributed by atoms with Crippen LogP contribution in [0.25, 0.3) is 0 Å². The fraction of sp³-hybridized carbons (Fsp3) is 0. The number of carboxylic acids is 12. The molecule has 0 aromatic heterocycles. The Balaban J connectivity index is 0.00000117. The Morgan fingerprint density at radius 1 is 0.171 bits per heavy atom. The minimum absolute atomic E-state index is 0. The molecule has 4 radical (unpaired) electrons. The summed E-state index contributed by atoms with van der Waals surface area (Å²) in [5.41, 5.74) is -7.34. The fourth-order valence-electron chi connectivity index (χ4n) is 5.77. The first kappa shape index (κ1) is 71.8. The van der Waals surface area contributed by atoms with E-state index >= 15 is 0 Å². The number of azo groups is 3. The first-order chi connectivity index (χ1) is 36.5. The third-order valence-electron chi connectivity index (χ3n) is 9.18. The van der Waals surface area contributed by atoms with Crippen molar-refractivity contribution in [3.8, 4) is 0 Å². The van der Waals surface area contributed by atoms with E-state index in [-0.39, 0.29) is 102 Å². The Bertz CT molecular complexity index is 2860. The van der Waals surface area contributed by atoms with Crippen LogP contribution in [0.1, 0.15) is 124 Å². The average molecular weight is 1290 g/mol. The molecule has 0 heterocycles. The molecule has 0 N–H and O–H groups in total. The molecule has 416 valence electrons. The van der Waals surface area contributed by atoms with Gasteiger partial charge in [-0.15, -0.1) is 0 Å². The van der Waals surface area contributed by atoms with Crippen molar-refractivity contribution in [1.82, 2.24) is 0 Å². The van der Waals surface area contributed by atoms with E-state index in [1.165, 1.54) is 0 Å². The van der Waals surface area contributed by atoms with Crippen LogP contribution in [0.2, 0.25) is 0 Å². The summed E-state index contributed by atoms with van der Waals surface area (Å²) in [5, 5.41) is 152. The molecule has 0 fully saturated rings. The second kappa shape index (κ2) is 32.0. The van der Waals surface area contributed by atoms with Crippen LogP contribution in [-0.2, 0) is 68.3 Å². The van der Waals surface area contributed by atoms with Crippen LogP contribution in [0, 0.1) is 0 Å². The molecule has 0 saturated carbocycles. The van der Waals surface area contributed by atoms with E-state index < -0.39 is 138 Å². The van der Waals surface area contributed by atoms with Gasteiger partial charge in [-0.1, -0.05) is 0 Å². The summed E-state index contributed by atoms with van der Waals surface area (Å²) in [6, 6.07) is 16.2. The Labute approximate surface area is 496 Å². The maximum absolute atomic E-state index is 10.9. The second-order valence-corrected chi connectivity index (χ2v) is 14.7.